The quantitative estimate of drug-likeness (QED) is 0.485. The van der Waals surface area contributed by atoms with Crippen LogP contribution in [0.3, 0.4) is 0 Å². The smallest absolute Gasteiger partial charge is 0.318 e. The lowest BCUT2D eigenvalue weighted by Gasteiger charge is -2.31. The molecule has 0 saturated carbocycles. The number of nitrogens with one attached hydrogen (secondary N) is 1. The highest BCUT2D eigenvalue weighted by Gasteiger charge is 2.35. The van der Waals surface area contributed by atoms with Gasteiger partial charge in [-0.3, -0.25) is 0 Å². The number of ether oxygens (including phenoxy) is 1. The van der Waals surface area contributed by atoms with Crippen LogP contribution in [0.1, 0.15) is 52.6 Å². The SMILES string of the molecule is COCCCNC(=O)N1Cc2c(sc3c2CCCC3)-n2cccc2[C@H]1c1ccc(Cl)cc1. The molecule has 1 N–H and O–H groups in total. The van der Waals surface area contributed by atoms with Crippen molar-refractivity contribution in [2.75, 3.05) is 20.3 Å². The van der Waals surface area contributed by atoms with Gasteiger partial charge >= 0.3 is 6.03 Å². The number of rotatable bonds is 5. The Morgan fingerprint density at radius 1 is 1.19 bits per heavy atom. The van der Waals surface area contributed by atoms with Crippen LogP contribution in [0.15, 0.2) is 42.6 Å². The Labute approximate surface area is 197 Å². The third kappa shape index (κ3) is 3.96. The van der Waals surface area contributed by atoms with Crippen molar-refractivity contribution in [1.82, 2.24) is 14.8 Å². The van der Waals surface area contributed by atoms with E-state index in [0.29, 0.717) is 24.7 Å². The van der Waals surface area contributed by atoms with E-state index in [9.17, 15) is 4.79 Å². The first-order valence-corrected chi connectivity index (χ1v) is 12.5. The van der Waals surface area contributed by atoms with Crippen LogP contribution >= 0.6 is 22.9 Å². The van der Waals surface area contributed by atoms with Gasteiger partial charge in [0.25, 0.3) is 0 Å². The summed E-state index contributed by atoms with van der Waals surface area (Å²) in [5.74, 6) is 0. The zero-order chi connectivity index (χ0) is 22.1. The number of aromatic nitrogens is 1. The third-order valence-corrected chi connectivity index (χ3v) is 8.01. The Bertz CT molecular complexity index is 1110. The van der Waals surface area contributed by atoms with Crippen LogP contribution in [-0.4, -0.2) is 35.8 Å². The molecule has 32 heavy (non-hydrogen) atoms. The highest BCUT2D eigenvalue weighted by atomic mass is 35.5. The van der Waals surface area contributed by atoms with Crippen LogP contribution in [-0.2, 0) is 24.1 Å². The number of halogens is 1. The predicted octanol–water partition coefficient (Wildman–Crippen LogP) is 5.72. The fourth-order valence-electron chi connectivity index (χ4n) is 4.90. The van der Waals surface area contributed by atoms with Crippen molar-refractivity contribution in [1.29, 1.82) is 0 Å². The molecule has 0 bridgehead atoms. The molecular formula is C25H28ClN3O2S. The molecule has 1 aliphatic heterocycles. The maximum atomic E-state index is 13.5. The number of thiophene rings is 1. The van der Waals surface area contributed by atoms with Gasteiger partial charge in [-0.25, -0.2) is 4.79 Å². The third-order valence-electron chi connectivity index (χ3n) is 6.43. The lowest BCUT2D eigenvalue weighted by atomic mass is 9.95. The van der Waals surface area contributed by atoms with E-state index in [1.807, 2.05) is 40.5 Å². The molecule has 3 heterocycles. The van der Waals surface area contributed by atoms with Gasteiger partial charge in [0.2, 0.25) is 0 Å². The van der Waals surface area contributed by atoms with Gasteiger partial charge < -0.3 is 19.5 Å². The first-order chi connectivity index (χ1) is 15.7. The van der Waals surface area contributed by atoms with Crippen molar-refractivity contribution < 1.29 is 9.53 Å². The maximum absolute atomic E-state index is 13.5. The van der Waals surface area contributed by atoms with Crippen molar-refractivity contribution in [2.24, 2.45) is 0 Å². The van der Waals surface area contributed by atoms with E-state index in [4.69, 9.17) is 16.3 Å². The number of carbonyl (C=O) groups is 1. The normalized spacial score (nSPS) is 17.3. The molecule has 1 aromatic carbocycles. The molecule has 5 rings (SSSR count). The fourth-order valence-corrected chi connectivity index (χ4v) is 6.43. The number of hydrogen-bond donors (Lipinski definition) is 1. The minimum Gasteiger partial charge on any atom is -0.385 e. The van der Waals surface area contributed by atoms with Gasteiger partial charge in [0.15, 0.2) is 0 Å². The van der Waals surface area contributed by atoms with E-state index < -0.39 is 0 Å². The first-order valence-electron chi connectivity index (χ1n) is 11.3. The molecular weight excluding hydrogens is 442 g/mol. The Balaban J connectivity index is 1.59. The molecule has 0 fully saturated rings. The molecule has 2 amide bonds. The molecule has 2 aromatic heterocycles. The Morgan fingerprint density at radius 2 is 2.00 bits per heavy atom. The monoisotopic (exact) mass is 469 g/mol. The topological polar surface area (TPSA) is 46.5 Å². The number of aryl methyl sites for hydroxylation is 1. The fraction of sp³-hybridized carbons (Fsp3) is 0.400. The zero-order valence-electron chi connectivity index (χ0n) is 18.3. The van der Waals surface area contributed by atoms with E-state index in [1.54, 1.807) is 7.11 Å². The molecule has 0 radical (unpaired) electrons. The van der Waals surface area contributed by atoms with Gasteiger partial charge in [0.05, 0.1) is 18.3 Å². The number of amides is 2. The van der Waals surface area contributed by atoms with Crippen molar-refractivity contribution in [3.63, 3.8) is 0 Å². The summed E-state index contributed by atoms with van der Waals surface area (Å²) in [5.41, 5.74) is 4.94. The number of benzene rings is 1. The average molecular weight is 470 g/mol. The molecule has 7 heteroatoms. The van der Waals surface area contributed by atoms with Crippen molar-refractivity contribution in [3.05, 3.63) is 74.9 Å². The van der Waals surface area contributed by atoms with E-state index in [1.165, 1.54) is 33.8 Å². The summed E-state index contributed by atoms with van der Waals surface area (Å²) in [6, 6.07) is 11.9. The Morgan fingerprint density at radius 3 is 2.81 bits per heavy atom. The molecule has 0 saturated heterocycles. The minimum atomic E-state index is -0.191. The molecule has 1 atom stereocenters. The van der Waals surface area contributed by atoms with Gasteiger partial charge in [0.1, 0.15) is 5.00 Å². The Hall–Kier alpha value is -2.28. The number of nitrogens with zero attached hydrogens (tertiary/aromatic N) is 2. The average Bonchev–Trinajstić information content (AvgIpc) is 3.39. The maximum Gasteiger partial charge on any atom is 0.318 e. The summed E-state index contributed by atoms with van der Waals surface area (Å²) >= 11 is 8.09. The zero-order valence-corrected chi connectivity index (χ0v) is 19.8. The number of carbonyl (C=O) groups excluding carboxylic acids is 1. The molecule has 0 spiro atoms. The number of methoxy groups -OCH3 is 1. The number of urea groups is 1. The van der Waals surface area contributed by atoms with E-state index in [-0.39, 0.29) is 12.1 Å². The van der Waals surface area contributed by atoms with Crippen molar-refractivity contribution >= 4 is 29.0 Å². The van der Waals surface area contributed by atoms with Crippen LogP contribution in [0, 0.1) is 0 Å². The summed E-state index contributed by atoms with van der Waals surface area (Å²) in [4.78, 5) is 17.0. The van der Waals surface area contributed by atoms with Gasteiger partial charge in [0, 0.05) is 41.9 Å². The second-order valence-electron chi connectivity index (χ2n) is 8.46. The van der Waals surface area contributed by atoms with Crippen molar-refractivity contribution in [3.8, 4) is 5.00 Å². The Kier molecular flexibility index (Phi) is 6.26. The van der Waals surface area contributed by atoms with Crippen LogP contribution in [0.2, 0.25) is 5.02 Å². The van der Waals surface area contributed by atoms with Gasteiger partial charge in [-0.05, 0) is 67.5 Å². The van der Waals surface area contributed by atoms with Crippen molar-refractivity contribution in [2.45, 2.75) is 44.7 Å². The predicted molar refractivity (Wildman–Crippen MR) is 129 cm³/mol. The van der Waals surface area contributed by atoms with Crippen LogP contribution in [0.5, 0.6) is 0 Å². The van der Waals surface area contributed by atoms with Crippen LogP contribution < -0.4 is 5.32 Å². The minimum absolute atomic E-state index is 0.0441. The summed E-state index contributed by atoms with van der Waals surface area (Å²) in [7, 11) is 1.68. The van der Waals surface area contributed by atoms with E-state index in [0.717, 1.165) is 30.5 Å². The molecule has 168 valence electrons. The van der Waals surface area contributed by atoms with E-state index >= 15 is 0 Å². The highest BCUT2D eigenvalue weighted by molar-refractivity contribution is 7.15. The molecule has 0 unspecified atom stereocenters. The summed E-state index contributed by atoms with van der Waals surface area (Å²) in [6.45, 7) is 1.82. The number of hydrogen-bond acceptors (Lipinski definition) is 3. The molecule has 5 nitrogen and oxygen atoms in total. The molecule has 1 aliphatic carbocycles. The number of fused-ring (bicyclic) bond motifs is 5. The molecule has 2 aliphatic rings. The van der Waals surface area contributed by atoms with Crippen LogP contribution in [0.25, 0.3) is 5.00 Å². The van der Waals surface area contributed by atoms with Gasteiger partial charge in [-0.2, -0.15) is 0 Å². The largest absolute Gasteiger partial charge is 0.385 e. The first kappa shape index (κ1) is 21.6. The van der Waals surface area contributed by atoms with E-state index in [2.05, 4.69) is 28.2 Å². The van der Waals surface area contributed by atoms with Gasteiger partial charge in [-0.15, -0.1) is 11.3 Å². The lowest BCUT2D eigenvalue weighted by molar-refractivity contribution is 0.174. The van der Waals surface area contributed by atoms with Crippen LogP contribution in [0.4, 0.5) is 4.79 Å². The summed E-state index contributed by atoms with van der Waals surface area (Å²) < 4.78 is 7.45. The summed E-state index contributed by atoms with van der Waals surface area (Å²) in [5, 5.41) is 5.09. The highest BCUT2D eigenvalue weighted by Crippen LogP contribution is 2.44. The lowest BCUT2D eigenvalue weighted by Crippen LogP contribution is -2.42. The van der Waals surface area contributed by atoms with Gasteiger partial charge in [-0.1, -0.05) is 23.7 Å². The standard InChI is InChI=1S/C25H28ClN3O2S/c1-31-15-5-13-27-25(30)29-16-20-19-6-2-3-8-22(19)32-24(20)28-14-4-7-21(28)23(29)17-9-11-18(26)12-10-17/h4,7,9-12,14,23H,2-3,5-6,8,13,15-16H2,1H3,(H,27,30)/t23-/m1/s1. The summed E-state index contributed by atoms with van der Waals surface area (Å²) in [6.07, 6.45) is 7.65. The second-order valence-corrected chi connectivity index (χ2v) is 9.98. The molecule has 3 aromatic rings. The second kappa shape index (κ2) is 9.30.